The minimum atomic E-state index is -0.760. The Balaban J connectivity index is 1.77. The molecule has 2 unspecified atom stereocenters. The Morgan fingerprint density at radius 1 is 1.33 bits per heavy atom. The van der Waals surface area contributed by atoms with Crippen LogP contribution in [0.4, 0.5) is 5.69 Å². The first-order valence-corrected chi connectivity index (χ1v) is 12.7. The number of aryl methyl sites for hydroxylation is 2. The average molecular weight is 475 g/mol. The number of carbonyl (C=O) groups is 3. The van der Waals surface area contributed by atoms with E-state index in [2.05, 4.69) is 5.32 Å². The molecule has 33 heavy (non-hydrogen) atoms. The van der Waals surface area contributed by atoms with E-state index < -0.39 is 28.7 Å². The lowest BCUT2D eigenvalue weighted by Crippen LogP contribution is -2.56. The summed E-state index contributed by atoms with van der Waals surface area (Å²) < 4.78 is 4.66. The second-order valence-electron chi connectivity index (χ2n) is 9.86. The average Bonchev–Trinajstić information content (AvgIpc) is 3.39. The summed E-state index contributed by atoms with van der Waals surface area (Å²) in [5, 5.41) is 13.3. The number of hydrogen-bond acceptors (Lipinski definition) is 6. The van der Waals surface area contributed by atoms with Crippen molar-refractivity contribution in [2.45, 2.75) is 69.5 Å². The number of thioether (sulfide) groups is 1. The second-order valence-corrected chi connectivity index (χ2v) is 11.5. The lowest BCUT2D eigenvalue weighted by molar-refractivity contribution is -0.154. The van der Waals surface area contributed by atoms with Gasteiger partial charge >= 0.3 is 5.97 Å². The molecule has 180 valence electrons. The molecule has 2 N–H and O–H groups in total. The van der Waals surface area contributed by atoms with Gasteiger partial charge in [-0.1, -0.05) is 26.0 Å². The quantitative estimate of drug-likeness (QED) is 0.590. The highest BCUT2D eigenvalue weighted by Crippen LogP contribution is 2.67. The number of esters is 1. The predicted octanol–water partition coefficient (Wildman–Crippen LogP) is 2.91. The van der Waals surface area contributed by atoms with E-state index in [1.807, 2.05) is 45.9 Å². The van der Waals surface area contributed by atoms with Gasteiger partial charge in [0.1, 0.15) is 6.04 Å². The molecule has 2 amide bonds. The first kappa shape index (κ1) is 24.1. The van der Waals surface area contributed by atoms with E-state index in [0.29, 0.717) is 6.42 Å². The van der Waals surface area contributed by atoms with E-state index in [-0.39, 0.29) is 42.2 Å². The van der Waals surface area contributed by atoms with Gasteiger partial charge in [0.25, 0.3) is 0 Å². The highest BCUT2D eigenvalue weighted by atomic mass is 32.2. The summed E-state index contributed by atoms with van der Waals surface area (Å²) in [6, 6.07) is 4.61. The molecule has 3 aliphatic rings. The number of rotatable bonds is 7. The van der Waals surface area contributed by atoms with Crippen LogP contribution in [0, 0.1) is 31.6 Å². The number of amides is 2. The number of nitrogens with zero attached hydrogens (tertiary/aromatic N) is 1. The maximum absolute atomic E-state index is 13.9. The van der Waals surface area contributed by atoms with Crippen molar-refractivity contribution in [2.75, 3.05) is 18.5 Å². The summed E-state index contributed by atoms with van der Waals surface area (Å²) in [5.41, 5.74) is 2.69. The van der Waals surface area contributed by atoms with Crippen LogP contribution in [0.2, 0.25) is 0 Å². The maximum Gasteiger partial charge on any atom is 0.310 e. The zero-order valence-electron chi connectivity index (χ0n) is 20.0. The Bertz CT molecular complexity index is 966. The lowest BCUT2D eigenvalue weighted by atomic mass is 9.71. The van der Waals surface area contributed by atoms with E-state index >= 15 is 0 Å². The fourth-order valence-corrected chi connectivity index (χ4v) is 8.14. The smallest absolute Gasteiger partial charge is 0.310 e. The molecule has 0 saturated carbocycles. The molecule has 0 aliphatic carbocycles. The van der Waals surface area contributed by atoms with Crippen LogP contribution >= 0.6 is 11.8 Å². The predicted molar refractivity (Wildman–Crippen MR) is 128 cm³/mol. The molecule has 6 atom stereocenters. The van der Waals surface area contributed by atoms with Crippen LogP contribution in [0.3, 0.4) is 0 Å². The molecule has 1 aromatic rings. The van der Waals surface area contributed by atoms with Crippen molar-refractivity contribution >= 4 is 35.2 Å². The zero-order chi connectivity index (χ0) is 24.1. The highest BCUT2D eigenvalue weighted by molar-refractivity contribution is 8.02. The van der Waals surface area contributed by atoms with Crippen molar-refractivity contribution in [1.82, 2.24) is 4.90 Å². The summed E-state index contributed by atoms with van der Waals surface area (Å²) in [7, 11) is 0. The first-order chi connectivity index (χ1) is 15.7. The Morgan fingerprint density at radius 2 is 2.06 bits per heavy atom. The monoisotopic (exact) mass is 474 g/mol. The molecule has 4 rings (SSSR count). The zero-order valence-corrected chi connectivity index (χ0v) is 20.8. The number of fused-ring (bicyclic) bond motifs is 1. The maximum atomic E-state index is 13.9. The third kappa shape index (κ3) is 3.75. The van der Waals surface area contributed by atoms with E-state index in [0.717, 1.165) is 23.2 Å². The van der Waals surface area contributed by atoms with Gasteiger partial charge in [0.05, 0.1) is 35.8 Å². The molecule has 3 saturated heterocycles. The number of aliphatic hydroxyl groups excluding tert-OH is 1. The van der Waals surface area contributed by atoms with E-state index in [9.17, 15) is 19.5 Å². The van der Waals surface area contributed by atoms with Gasteiger partial charge in [0.2, 0.25) is 11.8 Å². The molecule has 3 aliphatic heterocycles. The number of likely N-dealkylation sites (tertiary alicyclic amines) is 1. The number of aliphatic hydroxyl groups is 1. The molecule has 1 spiro atoms. The Kier molecular flexibility index (Phi) is 6.53. The van der Waals surface area contributed by atoms with Gasteiger partial charge in [-0.2, -0.15) is 0 Å². The largest absolute Gasteiger partial charge is 0.466 e. The van der Waals surface area contributed by atoms with Crippen LogP contribution in [-0.4, -0.2) is 63.1 Å². The van der Waals surface area contributed by atoms with Gasteiger partial charge in [0, 0.05) is 10.9 Å². The SMILES string of the molecule is CCOC(=O)[C@@H]1[C@H]2C(=O)N([C@@H](CO)C(C)C)C(C(=O)Nc3cc(C)ccc3C)C23CC[C@H]1S3. The Morgan fingerprint density at radius 3 is 2.70 bits per heavy atom. The lowest BCUT2D eigenvalue weighted by Gasteiger charge is -2.38. The molecule has 0 aromatic heterocycles. The van der Waals surface area contributed by atoms with Crippen LogP contribution in [0.5, 0.6) is 0 Å². The Labute approximate surface area is 199 Å². The van der Waals surface area contributed by atoms with Crippen molar-refractivity contribution in [3.05, 3.63) is 29.3 Å². The number of hydrogen-bond donors (Lipinski definition) is 2. The summed E-state index contributed by atoms with van der Waals surface area (Å²) in [4.78, 5) is 42.3. The van der Waals surface area contributed by atoms with Crippen molar-refractivity contribution < 1.29 is 24.2 Å². The summed E-state index contributed by atoms with van der Waals surface area (Å²) >= 11 is 1.61. The molecular formula is C25H34N2O5S. The van der Waals surface area contributed by atoms with Crippen LogP contribution in [0.1, 0.15) is 44.7 Å². The number of nitrogens with one attached hydrogen (secondary N) is 1. The number of carbonyl (C=O) groups excluding carboxylic acids is 3. The minimum Gasteiger partial charge on any atom is -0.466 e. The number of benzene rings is 1. The Hall–Kier alpha value is -2.06. The van der Waals surface area contributed by atoms with Crippen molar-refractivity contribution in [3.8, 4) is 0 Å². The van der Waals surface area contributed by atoms with Crippen molar-refractivity contribution in [1.29, 1.82) is 0 Å². The number of anilines is 1. The van der Waals surface area contributed by atoms with Crippen LogP contribution in [0.15, 0.2) is 18.2 Å². The molecular weight excluding hydrogens is 440 g/mol. The highest BCUT2D eigenvalue weighted by Gasteiger charge is 2.74. The van der Waals surface area contributed by atoms with Crippen LogP contribution < -0.4 is 5.32 Å². The van der Waals surface area contributed by atoms with Crippen LogP contribution in [0.25, 0.3) is 0 Å². The normalized spacial score (nSPS) is 31.1. The standard InChI is InChI=1S/C25H34N2O5S/c1-6-32-24(31)19-18-9-10-25(33-18)20(19)23(30)27(17(12-28)13(2)3)21(25)22(29)26-16-11-14(4)7-8-15(16)5/h7-8,11,13,17-21,28H,6,9-10,12H2,1-5H3,(H,26,29)/t17-,18+,19-,20-,21?,25?/m0/s1. The number of ether oxygens (including phenoxy) is 1. The fourth-order valence-electron chi connectivity index (χ4n) is 5.95. The summed E-state index contributed by atoms with van der Waals surface area (Å²) in [6.07, 6.45) is 1.46. The van der Waals surface area contributed by atoms with Gasteiger partial charge in [-0.25, -0.2) is 0 Å². The van der Waals surface area contributed by atoms with E-state index in [4.69, 9.17) is 4.74 Å². The molecule has 1 aromatic carbocycles. The van der Waals surface area contributed by atoms with Gasteiger partial charge in [-0.05, 0) is 56.7 Å². The van der Waals surface area contributed by atoms with Crippen molar-refractivity contribution in [3.63, 3.8) is 0 Å². The van der Waals surface area contributed by atoms with Gasteiger partial charge < -0.3 is 20.1 Å². The molecule has 0 radical (unpaired) electrons. The van der Waals surface area contributed by atoms with Crippen molar-refractivity contribution in [2.24, 2.45) is 17.8 Å². The first-order valence-electron chi connectivity index (χ1n) is 11.8. The summed E-state index contributed by atoms with van der Waals surface area (Å²) in [5.74, 6) is -2.02. The van der Waals surface area contributed by atoms with Gasteiger partial charge in [0.15, 0.2) is 0 Å². The van der Waals surface area contributed by atoms with Crippen LogP contribution in [-0.2, 0) is 19.1 Å². The fraction of sp³-hybridized carbons (Fsp3) is 0.640. The minimum absolute atomic E-state index is 0.0252. The molecule has 8 heteroatoms. The van der Waals surface area contributed by atoms with E-state index in [1.54, 1.807) is 23.6 Å². The molecule has 3 fully saturated rings. The third-order valence-electron chi connectivity index (χ3n) is 7.51. The third-order valence-corrected chi connectivity index (χ3v) is 9.46. The topological polar surface area (TPSA) is 95.9 Å². The summed E-state index contributed by atoms with van der Waals surface area (Å²) in [6.45, 7) is 9.56. The van der Waals surface area contributed by atoms with E-state index in [1.165, 1.54) is 0 Å². The van der Waals surface area contributed by atoms with Gasteiger partial charge in [-0.15, -0.1) is 11.8 Å². The van der Waals surface area contributed by atoms with Gasteiger partial charge in [-0.3, -0.25) is 14.4 Å². The second kappa shape index (κ2) is 8.95. The molecule has 3 heterocycles. The molecule has 7 nitrogen and oxygen atoms in total. The molecule has 2 bridgehead atoms.